The van der Waals surface area contributed by atoms with E-state index in [9.17, 15) is 27.9 Å². The molecule has 2 aromatic rings. The SMILES string of the molecule is CC[C@@H]1C[C@]1(CC(=O)c1ccc(OC)c(-c2cccc(C(F)(F)F)c2)c1)C(=O)O. The number of halogens is 3. The van der Waals surface area contributed by atoms with Crippen LogP contribution < -0.4 is 4.74 Å². The number of alkyl halides is 3. The van der Waals surface area contributed by atoms with Crippen molar-refractivity contribution in [3.05, 3.63) is 53.6 Å². The van der Waals surface area contributed by atoms with Crippen LogP contribution in [-0.2, 0) is 11.0 Å². The number of hydrogen-bond donors (Lipinski definition) is 1. The van der Waals surface area contributed by atoms with E-state index in [1.54, 1.807) is 0 Å². The highest BCUT2D eigenvalue weighted by molar-refractivity contribution is 6.01. The lowest BCUT2D eigenvalue weighted by Gasteiger charge is -2.15. The van der Waals surface area contributed by atoms with E-state index in [4.69, 9.17) is 4.74 Å². The van der Waals surface area contributed by atoms with Crippen molar-refractivity contribution in [2.45, 2.75) is 32.4 Å². The quantitative estimate of drug-likeness (QED) is 0.621. The molecule has 0 aromatic heterocycles. The van der Waals surface area contributed by atoms with E-state index in [0.717, 1.165) is 12.1 Å². The lowest BCUT2D eigenvalue weighted by molar-refractivity contribution is -0.144. The summed E-state index contributed by atoms with van der Waals surface area (Å²) in [6.07, 6.45) is -3.49. The first-order valence-corrected chi connectivity index (χ1v) is 9.24. The Kier molecular flexibility index (Phi) is 5.43. The van der Waals surface area contributed by atoms with Gasteiger partial charge in [-0.25, -0.2) is 0 Å². The maximum absolute atomic E-state index is 13.1. The number of aliphatic carboxylic acids is 1. The average Bonchev–Trinajstić information content (AvgIpc) is 3.41. The zero-order chi connectivity index (χ0) is 21.4. The van der Waals surface area contributed by atoms with Crippen LogP contribution >= 0.6 is 0 Å². The Hall–Kier alpha value is -2.83. The third-order valence-corrected chi connectivity index (χ3v) is 5.65. The minimum Gasteiger partial charge on any atom is -0.496 e. The van der Waals surface area contributed by atoms with Crippen LogP contribution in [0, 0.1) is 11.3 Å². The Morgan fingerprint density at radius 2 is 1.93 bits per heavy atom. The second-order valence-corrected chi connectivity index (χ2v) is 7.36. The van der Waals surface area contributed by atoms with Gasteiger partial charge in [-0.2, -0.15) is 13.2 Å². The molecule has 1 aliphatic carbocycles. The maximum atomic E-state index is 13.1. The third kappa shape index (κ3) is 3.99. The third-order valence-electron chi connectivity index (χ3n) is 5.65. The summed E-state index contributed by atoms with van der Waals surface area (Å²) < 4.78 is 44.5. The largest absolute Gasteiger partial charge is 0.496 e. The molecule has 1 saturated carbocycles. The number of ether oxygens (including phenoxy) is 1. The van der Waals surface area contributed by atoms with Gasteiger partial charge in [0, 0.05) is 17.5 Å². The topological polar surface area (TPSA) is 63.6 Å². The van der Waals surface area contributed by atoms with Gasteiger partial charge in [0.2, 0.25) is 0 Å². The fourth-order valence-corrected chi connectivity index (χ4v) is 3.83. The Morgan fingerprint density at radius 3 is 2.48 bits per heavy atom. The Morgan fingerprint density at radius 1 is 1.21 bits per heavy atom. The Labute approximate surface area is 166 Å². The second-order valence-electron chi connectivity index (χ2n) is 7.36. The first-order chi connectivity index (χ1) is 13.6. The van der Waals surface area contributed by atoms with Crippen LogP contribution in [0.5, 0.6) is 5.75 Å². The van der Waals surface area contributed by atoms with Gasteiger partial charge in [-0.15, -0.1) is 0 Å². The summed E-state index contributed by atoms with van der Waals surface area (Å²) in [4.78, 5) is 24.5. The molecule has 0 aliphatic heterocycles. The van der Waals surface area contributed by atoms with Crippen molar-refractivity contribution in [3.8, 4) is 16.9 Å². The van der Waals surface area contributed by atoms with Crippen LogP contribution in [0.15, 0.2) is 42.5 Å². The molecule has 0 radical (unpaired) electrons. The monoisotopic (exact) mass is 406 g/mol. The van der Waals surface area contributed by atoms with Crippen LogP contribution in [0.25, 0.3) is 11.1 Å². The summed E-state index contributed by atoms with van der Waals surface area (Å²) in [7, 11) is 1.39. The summed E-state index contributed by atoms with van der Waals surface area (Å²) in [6.45, 7) is 1.89. The molecule has 0 spiro atoms. The molecule has 1 N–H and O–H groups in total. The normalized spacial score (nSPS) is 20.9. The van der Waals surface area contributed by atoms with Crippen molar-refractivity contribution in [1.82, 2.24) is 0 Å². The molecule has 2 atom stereocenters. The highest BCUT2D eigenvalue weighted by Gasteiger charge is 2.60. The van der Waals surface area contributed by atoms with E-state index in [-0.39, 0.29) is 29.2 Å². The number of carboxylic acids is 1. The van der Waals surface area contributed by atoms with Gasteiger partial charge in [-0.3, -0.25) is 9.59 Å². The zero-order valence-corrected chi connectivity index (χ0v) is 16.0. The van der Waals surface area contributed by atoms with Crippen LogP contribution in [0.1, 0.15) is 42.1 Å². The van der Waals surface area contributed by atoms with Crippen molar-refractivity contribution >= 4 is 11.8 Å². The zero-order valence-electron chi connectivity index (χ0n) is 16.0. The molecule has 7 heteroatoms. The number of rotatable bonds is 7. The number of Topliss-reactive ketones (excluding diaryl/α,β-unsaturated/α-hetero) is 1. The Balaban J connectivity index is 1.96. The molecule has 0 bridgehead atoms. The van der Waals surface area contributed by atoms with E-state index >= 15 is 0 Å². The van der Waals surface area contributed by atoms with Crippen LogP contribution in [0.3, 0.4) is 0 Å². The molecule has 0 saturated heterocycles. The molecule has 1 aliphatic rings. The standard InChI is InChI=1S/C22H21F3O4/c1-3-15-11-21(15,20(27)28)12-18(26)14-7-8-19(29-2)17(10-14)13-5-4-6-16(9-13)22(23,24)25/h4-10,15H,3,11-12H2,1-2H3,(H,27,28)/t15-,21-/m1/s1. The Bertz CT molecular complexity index is 951. The van der Waals surface area contributed by atoms with Gasteiger partial charge in [0.15, 0.2) is 5.78 Å². The number of carbonyl (C=O) groups is 2. The van der Waals surface area contributed by atoms with Crippen LogP contribution in [0.4, 0.5) is 13.2 Å². The molecule has 2 aromatic carbocycles. The van der Waals surface area contributed by atoms with Gasteiger partial charge in [-0.05, 0) is 48.2 Å². The smallest absolute Gasteiger partial charge is 0.416 e. The van der Waals surface area contributed by atoms with Crippen molar-refractivity contribution in [3.63, 3.8) is 0 Å². The molecule has 4 nitrogen and oxygen atoms in total. The average molecular weight is 406 g/mol. The van der Waals surface area contributed by atoms with E-state index in [2.05, 4.69) is 0 Å². The number of methoxy groups -OCH3 is 1. The molecule has 0 amide bonds. The van der Waals surface area contributed by atoms with Gasteiger partial charge in [0.05, 0.1) is 18.1 Å². The number of ketones is 1. The van der Waals surface area contributed by atoms with Gasteiger partial charge in [-0.1, -0.05) is 25.5 Å². The summed E-state index contributed by atoms with van der Waals surface area (Å²) in [6, 6.07) is 9.27. The number of benzene rings is 2. The summed E-state index contributed by atoms with van der Waals surface area (Å²) in [5, 5.41) is 9.54. The fraction of sp³-hybridized carbons (Fsp3) is 0.364. The van der Waals surface area contributed by atoms with Crippen molar-refractivity contribution in [2.75, 3.05) is 7.11 Å². The van der Waals surface area contributed by atoms with Gasteiger partial charge >= 0.3 is 12.1 Å². The van der Waals surface area contributed by atoms with E-state index in [0.29, 0.717) is 24.2 Å². The van der Waals surface area contributed by atoms with Gasteiger partial charge in [0.1, 0.15) is 5.75 Å². The minimum atomic E-state index is -4.49. The number of carbonyl (C=O) groups excluding carboxylic acids is 1. The predicted octanol–water partition coefficient (Wildman–Crippen LogP) is 5.45. The van der Waals surface area contributed by atoms with E-state index in [1.165, 1.54) is 37.4 Å². The first kappa shape index (κ1) is 20.9. The summed E-state index contributed by atoms with van der Waals surface area (Å²) >= 11 is 0. The molecule has 0 unspecified atom stereocenters. The lowest BCUT2D eigenvalue weighted by atomic mass is 9.91. The molecule has 0 heterocycles. The van der Waals surface area contributed by atoms with E-state index in [1.807, 2.05) is 6.92 Å². The highest BCUT2D eigenvalue weighted by Crippen LogP contribution is 2.57. The van der Waals surface area contributed by atoms with Crippen molar-refractivity contribution in [1.29, 1.82) is 0 Å². The van der Waals surface area contributed by atoms with Crippen molar-refractivity contribution in [2.24, 2.45) is 11.3 Å². The molecule has 3 rings (SSSR count). The van der Waals surface area contributed by atoms with Gasteiger partial charge < -0.3 is 9.84 Å². The van der Waals surface area contributed by atoms with Crippen LogP contribution in [0.2, 0.25) is 0 Å². The van der Waals surface area contributed by atoms with Crippen molar-refractivity contribution < 1.29 is 32.6 Å². The number of carboxylic acid groups (broad SMARTS) is 1. The van der Waals surface area contributed by atoms with Gasteiger partial charge in [0.25, 0.3) is 0 Å². The summed E-state index contributed by atoms with van der Waals surface area (Å²) in [5.74, 6) is -1.04. The highest BCUT2D eigenvalue weighted by atomic mass is 19.4. The predicted molar refractivity (Wildman–Crippen MR) is 101 cm³/mol. The fourth-order valence-electron chi connectivity index (χ4n) is 3.83. The molecular weight excluding hydrogens is 385 g/mol. The minimum absolute atomic E-state index is 0.0369. The summed E-state index contributed by atoms with van der Waals surface area (Å²) in [5.41, 5.74) is -0.987. The van der Waals surface area contributed by atoms with E-state index < -0.39 is 23.1 Å². The second kappa shape index (κ2) is 7.54. The molecule has 1 fully saturated rings. The van der Waals surface area contributed by atoms with Crippen LogP contribution in [-0.4, -0.2) is 24.0 Å². The maximum Gasteiger partial charge on any atom is 0.416 e. The molecule has 29 heavy (non-hydrogen) atoms. The molecular formula is C22H21F3O4. The first-order valence-electron chi connectivity index (χ1n) is 9.24. The molecule has 154 valence electrons. The number of hydrogen-bond acceptors (Lipinski definition) is 3. The lowest BCUT2D eigenvalue weighted by Crippen LogP contribution is -2.21.